The Morgan fingerprint density at radius 2 is 1.67 bits per heavy atom. The van der Waals surface area contributed by atoms with Crippen molar-refractivity contribution in [1.82, 2.24) is 0 Å². The van der Waals surface area contributed by atoms with E-state index in [0.29, 0.717) is 36.1 Å². The molecule has 1 N–H and O–H groups in total. The van der Waals surface area contributed by atoms with Gasteiger partial charge in [-0.3, -0.25) is 4.72 Å². The summed E-state index contributed by atoms with van der Waals surface area (Å²) in [5.74, 6) is 1.81. The minimum absolute atomic E-state index is 0.176. The molecule has 6 nitrogen and oxygen atoms in total. The lowest BCUT2D eigenvalue weighted by Crippen LogP contribution is -2.17. The van der Waals surface area contributed by atoms with Crippen molar-refractivity contribution < 1.29 is 22.6 Å². The molecule has 0 unspecified atom stereocenters. The lowest BCUT2D eigenvalue weighted by molar-refractivity contribution is 0.171. The minimum Gasteiger partial charge on any atom is -0.496 e. The Labute approximate surface area is 141 Å². The van der Waals surface area contributed by atoms with Crippen LogP contribution in [0.5, 0.6) is 17.2 Å². The zero-order valence-corrected chi connectivity index (χ0v) is 14.6. The number of sulfonamides is 1. The van der Waals surface area contributed by atoms with Crippen LogP contribution in [0.4, 0.5) is 5.69 Å². The van der Waals surface area contributed by atoms with Gasteiger partial charge >= 0.3 is 0 Å². The predicted molar refractivity (Wildman–Crippen MR) is 90.7 cm³/mol. The van der Waals surface area contributed by atoms with Crippen molar-refractivity contribution in [3.63, 3.8) is 0 Å². The molecular formula is C17H19NO5S. The molecule has 7 heteroatoms. The van der Waals surface area contributed by atoms with Gasteiger partial charge in [-0.15, -0.1) is 0 Å². The molecule has 2 aromatic carbocycles. The smallest absolute Gasteiger partial charge is 0.261 e. The molecule has 0 aliphatic carbocycles. The fourth-order valence-corrected chi connectivity index (χ4v) is 3.73. The summed E-state index contributed by atoms with van der Waals surface area (Å²) in [4.78, 5) is 0.176. The Balaban J connectivity index is 1.93. The van der Waals surface area contributed by atoms with Crippen LogP contribution in [0, 0.1) is 13.8 Å². The first-order valence-electron chi connectivity index (χ1n) is 7.48. The maximum atomic E-state index is 12.6. The standard InChI is InChI=1S/C17H19NO5S/c1-11-9-16-17(23-7-6-22-16)10-14(11)18-24(19,20)13-4-5-15(21-3)12(2)8-13/h4-5,8-10,18H,6-7H2,1-3H3. The Morgan fingerprint density at radius 3 is 2.29 bits per heavy atom. The molecule has 0 spiro atoms. The maximum absolute atomic E-state index is 12.6. The zero-order chi connectivity index (χ0) is 17.3. The molecule has 128 valence electrons. The largest absolute Gasteiger partial charge is 0.496 e. The number of fused-ring (bicyclic) bond motifs is 1. The van der Waals surface area contributed by atoms with Crippen molar-refractivity contribution in [2.75, 3.05) is 25.0 Å². The summed E-state index contributed by atoms with van der Waals surface area (Å²) >= 11 is 0. The summed E-state index contributed by atoms with van der Waals surface area (Å²) in [5, 5.41) is 0. The van der Waals surface area contributed by atoms with Gasteiger partial charge in [0.05, 0.1) is 17.7 Å². The third-order valence-electron chi connectivity index (χ3n) is 3.81. The van der Waals surface area contributed by atoms with Crippen LogP contribution < -0.4 is 18.9 Å². The average molecular weight is 349 g/mol. The average Bonchev–Trinajstić information content (AvgIpc) is 2.55. The first-order chi connectivity index (χ1) is 11.4. The van der Waals surface area contributed by atoms with E-state index in [2.05, 4.69) is 4.72 Å². The molecule has 1 aliphatic rings. The fraction of sp³-hybridized carbons (Fsp3) is 0.294. The monoisotopic (exact) mass is 349 g/mol. The summed E-state index contributed by atoms with van der Waals surface area (Å²) in [6, 6.07) is 8.15. The third kappa shape index (κ3) is 3.12. The summed E-state index contributed by atoms with van der Waals surface area (Å²) in [5.41, 5.74) is 1.97. The van der Waals surface area contributed by atoms with Gasteiger partial charge in [0, 0.05) is 6.07 Å². The van der Waals surface area contributed by atoms with Gasteiger partial charge in [0.15, 0.2) is 11.5 Å². The van der Waals surface area contributed by atoms with Crippen LogP contribution in [0.1, 0.15) is 11.1 Å². The molecule has 0 radical (unpaired) electrons. The molecule has 0 saturated heterocycles. The molecule has 0 aromatic heterocycles. The Morgan fingerprint density at radius 1 is 1.00 bits per heavy atom. The second-order valence-corrected chi connectivity index (χ2v) is 7.23. The van der Waals surface area contributed by atoms with Gasteiger partial charge in [0.2, 0.25) is 0 Å². The number of ether oxygens (including phenoxy) is 3. The minimum atomic E-state index is -3.71. The highest BCUT2D eigenvalue weighted by Crippen LogP contribution is 2.36. The fourth-order valence-electron chi connectivity index (χ4n) is 2.52. The molecule has 24 heavy (non-hydrogen) atoms. The number of nitrogens with one attached hydrogen (secondary N) is 1. The summed E-state index contributed by atoms with van der Waals surface area (Å²) in [6.45, 7) is 4.55. The van der Waals surface area contributed by atoms with Crippen LogP contribution >= 0.6 is 0 Å². The molecule has 2 aromatic rings. The van der Waals surface area contributed by atoms with Crippen molar-refractivity contribution in [1.29, 1.82) is 0 Å². The molecule has 1 heterocycles. The van der Waals surface area contributed by atoms with Crippen LogP contribution in [-0.4, -0.2) is 28.7 Å². The highest BCUT2D eigenvalue weighted by atomic mass is 32.2. The lowest BCUT2D eigenvalue weighted by Gasteiger charge is -2.21. The number of aryl methyl sites for hydroxylation is 2. The van der Waals surface area contributed by atoms with Crippen LogP contribution in [0.2, 0.25) is 0 Å². The van der Waals surface area contributed by atoms with Gasteiger partial charge in [-0.25, -0.2) is 8.42 Å². The van der Waals surface area contributed by atoms with E-state index in [-0.39, 0.29) is 4.90 Å². The number of hydrogen-bond acceptors (Lipinski definition) is 5. The normalized spacial score (nSPS) is 13.5. The van der Waals surface area contributed by atoms with E-state index in [4.69, 9.17) is 14.2 Å². The van der Waals surface area contributed by atoms with Crippen LogP contribution in [0.15, 0.2) is 35.2 Å². The number of methoxy groups -OCH3 is 1. The van der Waals surface area contributed by atoms with Gasteiger partial charge in [-0.2, -0.15) is 0 Å². The zero-order valence-electron chi connectivity index (χ0n) is 13.8. The number of hydrogen-bond donors (Lipinski definition) is 1. The third-order valence-corrected chi connectivity index (χ3v) is 5.17. The van der Waals surface area contributed by atoms with E-state index < -0.39 is 10.0 Å². The lowest BCUT2D eigenvalue weighted by atomic mass is 10.2. The second-order valence-electron chi connectivity index (χ2n) is 5.55. The van der Waals surface area contributed by atoms with Crippen molar-refractivity contribution in [3.8, 4) is 17.2 Å². The van der Waals surface area contributed by atoms with Gasteiger partial charge in [-0.05, 0) is 49.2 Å². The Kier molecular flexibility index (Phi) is 4.28. The first-order valence-corrected chi connectivity index (χ1v) is 8.97. The Bertz CT molecular complexity index is 877. The number of benzene rings is 2. The molecule has 1 aliphatic heterocycles. The molecule has 0 saturated carbocycles. The highest BCUT2D eigenvalue weighted by molar-refractivity contribution is 7.92. The molecule has 3 rings (SSSR count). The van der Waals surface area contributed by atoms with E-state index in [1.807, 2.05) is 6.92 Å². The Hall–Kier alpha value is -2.41. The van der Waals surface area contributed by atoms with Crippen LogP contribution in [-0.2, 0) is 10.0 Å². The predicted octanol–water partition coefficient (Wildman–Crippen LogP) is 2.88. The van der Waals surface area contributed by atoms with E-state index in [1.165, 1.54) is 6.07 Å². The van der Waals surface area contributed by atoms with Crippen molar-refractivity contribution >= 4 is 15.7 Å². The van der Waals surface area contributed by atoms with E-state index in [1.54, 1.807) is 38.3 Å². The van der Waals surface area contributed by atoms with E-state index in [0.717, 1.165) is 11.1 Å². The van der Waals surface area contributed by atoms with Crippen LogP contribution in [0.25, 0.3) is 0 Å². The van der Waals surface area contributed by atoms with Gasteiger partial charge in [-0.1, -0.05) is 0 Å². The van der Waals surface area contributed by atoms with Crippen molar-refractivity contribution in [3.05, 3.63) is 41.5 Å². The van der Waals surface area contributed by atoms with Gasteiger partial charge in [0.1, 0.15) is 19.0 Å². The first kappa shape index (κ1) is 16.4. The topological polar surface area (TPSA) is 73.9 Å². The highest BCUT2D eigenvalue weighted by Gasteiger charge is 2.20. The molecule has 0 fully saturated rings. The summed E-state index contributed by atoms with van der Waals surface area (Å²) < 4.78 is 44.1. The van der Waals surface area contributed by atoms with E-state index in [9.17, 15) is 8.42 Å². The van der Waals surface area contributed by atoms with Gasteiger partial charge in [0.25, 0.3) is 10.0 Å². The van der Waals surface area contributed by atoms with E-state index >= 15 is 0 Å². The van der Waals surface area contributed by atoms with Crippen molar-refractivity contribution in [2.24, 2.45) is 0 Å². The number of rotatable bonds is 4. The van der Waals surface area contributed by atoms with Gasteiger partial charge < -0.3 is 14.2 Å². The molecule has 0 atom stereocenters. The quantitative estimate of drug-likeness (QED) is 0.919. The maximum Gasteiger partial charge on any atom is 0.261 e. The number of anilines is 1. The summed E-state index contributed by atoms with van der Waals surface area (Å²) in [7, 11) is -2.16. The van der Waals surface area contributed by atoms with Crippen molar-refractivity contribution in [2.45, 2.75) is 18.7 Å². The molecule has 0 amide bonds. The van der Waals surface area contributed by atoms with Crippen LogP contribution in [0.3, 0.4) is 0 Å². The second kappa shape index (κ2) is 6.24. The molecular weight excluding hydrogens is 330 g/mol. The SMILES string of the molecule is COc1ccc(S(=O)(=O)Nc2cc3c(cc2C)OCCO3)cc1C. The summed E-state index contributed by atoms with van der Waals surface area (Å²) in [6.07, 6.45) is 0. The molecule has 0 bridgehead atoms.